The summed E-state index contributed by atoms with van der Waals surface area (Å²) in [5.41, 5.74) is 2.72. The van der Waals surface area contributed by atoms with E-state index in [2.05, 4.69) is 67.2 Å². The van der Waals surface area contributed by atoms with Gasteiger partial charge in [0.2, 0.25) is 0 Å². The summed E-state index contributed by atoms with van der Waals surface area (Å²) >= 11 is 0. The summed E-state index contributed by atoms with van der Waals surface area (Å²) < 4.78 is 0. The van der Waals surface area contributed by atoms with Crippen LogP contribution in [0.1, 0.15) is 93.4 Å². The van der Waals surface area contributed by atoms with Gasteiger partial charge in [0.05, 0.1) is 18.1 Å². The Labute approximate surface area is 212 Å². The van der Waals surface area contributed by atoms with Crippen LogP contribution in [-0.2, 0) is 4.79 Å². The van der Waals surface area contributed by atoms with Crippen LogP contribution in [0.15, 0.2) is 35.5 Å². The van der Waals surface area contributed by atoms with Gasteiger partial charge in [-0.05, 0) is 90.1 Å². The van der Waals surface area contributed by atoms with Crippen molar-refractivity contribution in [2.45, 2.75) is 106 Å². The van der Waals surface area contributed by atoms with Gasteiger partial charge in [0, 0.05) is 5.41 Å². The fraction of sp³-hybridized carbons (Fsp3) is 0.774. The smallest absolute Gasteiger partial charge is 0.306 e. The maximum Gasteiger partial charge on any atom is 0.306 e. The Balaban J connectivity index is 1.73. The maximum absolute atomic E-state index is 12.6. The van der Waals surface area contributed by atoms with Gasteiger partial charge >= 0.3 is 5.97 Å². The molecule has 0 heterocycles. The van der Waals surface area contributed by atoms with Crippen LogP contribution in [0.25, 0.3) is 0 Å². The topological polar surface area (TPSA) is 77.8 Å². The second-order valence-corrected chi connectivity index (χ2v) is 13.8. The minimum Gasteiger partial charge on any atom is -0.481 e. The monoisotopic (exact) mass is 484 g/mol. The Morgan fingerprint density at radius 1 is 1.09 bits per heavy atom. The molecule has 2 saturated carbocycles. The minimum atomic E-state index is -0.744. The van der Waals surface area contributed by atoms with E-state index in [1.54, 1.807) is 0 Å². The molecule has 8 atom stereocenters. The molecule has 0 aliphatic heterocycles. The Hall–Kier alpha value is -1.39. The van der Waals surface area contributed by atoms with Crippen LogP contribution in [0.5, 0.6) is 0 Å². The molecule has 0 amide bonds. The standard InChI is InChI=1S/C31H48O4/c1-18(2)19(3)9-10-20(27(34)35)23-17-26(33)31(8)22-11-12-24-28(4,5)25(32)14-15-29(24,6)21(22)13-16-30(23,31)7/h11,13,18,20,23-26,32-33H,3,9-10,12,14-17H2,1-2,4-8H3,(H,34,35)/t20-,23-,24?,25-,26+,29-,30-,31-/m1/s1. The zero-order chi connectivity index (χ0) is 26.1. The molecule has 4 heteroatoms. The molecule has 0 bridgehead atoms. The molecule has 4 aliphatic rings. The van der Waals surface area contributed by atoms with E-state index >= 15 is 0 Å². The lowest BCUT2D eigenvalue weighted by Gasteiger charge is -2.61. The lowest BCUT2D eigenvalue weighted by molar-refractivity contribution is -0.146. The average molecular weight is 485 g/mol. The highest BCUT2D eigenvalue weighted by atomic mass is 16.4. The van der Waals surface area contributed by atoms with Crippen molar-refractivity contribution in [1.82, 2.24) is 0 Å². The first-order valence-electron chi connectivity index (χ1n) is 13.8. The van der Waals surface area contributed by atoms with E-state index in [1.807, 2.05) is 0 Å². The highest BCUT2D eigenvalue weighted by Crippen LogP contribution is 2.71. The third-order valence-electron chi connectivity index (χ3n) is 11.8. The second-order valence-electron chi connectivity index (χ2n) is 13.8. The maximum atomic E-state index is 12.6. The summed E-state index contributed by atoms with van der Waals surface area (Å²) in [5, 5.41) is 32.8. The zero-order valence-corrected chi connectivity index (χ0v) is 23.0. The summed E-state index contributed by atoms with van der Waals surface area (Å²) in [6.45, 7) is 19.6. The Kier molecular flexibility index (Phi) is 6.54. The Morgan fingerprint density at radius 2 is 1.74 bits per heavy atom. The van der Waals surface area contributed by atoms with Crippen LogP contribution < -0.4 is 0 Å². The van der Waals surface area contributed by atoms with Gasteiger partial charge in [-0.25, -0.2) is 0 Å². The predicted molar refractivity (Wildman–Crippen MR) is 141 cm³/mol. The number of rotatable bonds is 6. The highest BCUT2D eigenvalue weighted by Gasteiger charge is 2.67. The summed E-state index contributed by atoms with van der Waals surface area (Å²) in [5.74, 6) is -0.623. The van der Waals surface area contributed by atoms with E-state index < -0.39 is 23.4 Å². The molecule has 4 nitrogen and oxygen atoms in total. The number of carbonyl (C=O) groups is 1. The molecule has 3 N–H and O–H groups in total. The van der Waals surface area contributed by atoms with E-state index in [-0.39, 0.29) is 28.3 Å². The number of fused-ring (bicyclic) bond motifs is 5. The van der Waals surface area contributed by atoms with Gasteiger partial charge in [0.25, 0.3) is 0 Å². The number of aliphatic hydroxyl groups excluding tert-OH is 2. The number of allylic oxidation sites excluding steroid dienone is 4. The van der Waals surface area contributed by atoms with E-state index in [4.69, 9.17) is 0 Å². The van der Waals surface area contributed by atoms with Gasteiger partial charge < -0.3 is 15.3 Å². The molecule has 0 aromatic heterocycles. The van der Waals surface area contributed by atoms with E-state index in [0.717, 1.165) is 37.7 Å². The van der Waals surface area contributed by atoms with Crippen molar-refractivity contribution < 1.29 is 20.1 Å². The summed E-state index contributed by atoms with van der Waals surface area (Å²) in [4.78, 5) is 12.6. The third kappa shape index (κ3) is 3.64. The molecule has 4 rings (SSSR count). The van der Waals surface area contributed by atoms with Gasteiger partial charge in [-0.2, -0.15) is 0 Å². The number of hydrogen-bond donors (Lipinski definition) is 3. The molecule has 0 spiro atoms. The van der Waals surface area contributed by atoms with Gasteiger partial charge in [0.15, 0.2) is 0 Å². The Bertz CT molecular complexity index is 957. The van der Waals surface area contributed by atoms with E-state index in [9.17, 15) is 20.1 Å². The molecule has 0 aromatic rings. The Morgan fingerprint density at radius 3 is 2.34 bits per heavy atom. The quantitative estimate of drug-likeness (QED) is 0.374. The molecule has 1 unspecified atom stereocenters. The number of carboxylic acid groups (broad SMARTS) is 1. The number of hydrogen-bond acceptors (Lipinski definition) is 3. The van der Waals surface area contributed by atoms with Crippen molar-refractivity contribution in [3.8, 4) is 0 Å². The molecule has 4 aliphatic carbocycles. The van der Waals surface area contributed by atoms with E-state index in [0.29, 0.717) is 24.7 Å². The molecular formula is C31H48O4. The summed E-state index contributed by atoms with van der Waals surface area (Å²) in [7, 11) is 0. The summed E-state index contributed by atoms with van der Waals surface area (Å²) in [6.07, 6.45) is 9.14. The lowest BCUT2D eigenvalue weighted by Crippen LogP contribution is -2.55. The fourth-order valence-corrected chi connectivity index (χ4v) is 8.81. The van der Waals surface area contributed by atoms with Gasteiger partial charge in [-0.1, -0.05) is 72.8 Å². The molecule has 0 aromatic carbocycles. The van der Waals surface area contributed by atoms with Crippen LogP contribution in [0.2, 0.25) is 0 Å². The molecule has 35 heavy (non-hydrogen) atoms. The number of aliphatic carboxylic acids is 1. The molecular weight excluding hydrogens is 436 g/mol. The van der Waals surface area contributed by atoms with Gasteiger partial charge in [0.1, 0.15) is 0 Å². The number of carboxylic acids is 1. The van der Waals surface area contributed by atoms with Crippen molar-refractivity contribution >= 4 is 5.97 Å². The average Bonchev–Trinajstić information content (AvgIpc) is 2.98. The summed E-state index contributed by atoms with van der Waals surface area (Å²) in [6, 6.07) is 0. The molecule has 196 valence electrons. The van der Waals surface area contributed by atoms with Crippen molar-refractivity contribution in [3.63, 3.8) is 0 Å². The largest absolute Gasteiger partial charge is 0.481 e. The molecule has 0 saturated heterocycles. The van der Waals surface area contributed by atoms with Gasteiger partial charge in [-0.3, -0.25) is 4.79 Å². The van der Waals surface area contributed by atoms with Crippen LogP contribution in [-0.4, -0.2) is 33.5 Å². The van der Waals surface area contributed by atoms with Crippen LogP contribution >= 0.6 is 0 Å². The third-order valence-corrected chi connectivity index (χ3v) is 11.8. The van der Waals surface area contributed by atoms with Crippen molar-refractivity contribution in [3.05, 3.63) is 35.5 Å². The first kappa shape index (κ1) is 26.7. The second kappa shape index (κ2) is 8.58. The number of aliphatic hydroxyl groups is 2. The predicted octanol–water partition coefficient (Wildman–Crippen LogP) is 6.54. The van der Waals surface area contributed by atoms with Gasteiger partial charge in [-0.15, -0.1) is 0 Å². The van der Waals surface area contributed by atoms with Crippen LogP contribution in [0, 0.1) is 45.3 Å². The molecule has 0 radical (unpaired) electrons. The van der Waals surface area contributed by atoms with Crippen molar-refractivity contribution in [2.75, 3.05) is 0 Å². The first-order valence-corrected chi connectivity index (χ1v) is 13.8. The highest BCUT2D eigenvalue weighted by molar-refractivity contribution is 5.71. The lowest BCUT2D eigenvalue weighted by atomic mass is 9.44. The van der Waals surface area contributed by atoms with Crippen LogP contribution in [0.4, 0.5) is 0 Å². The zero-order valence-electron chi connectivity index (χ0n) is 23.0. The fourth-order valence-electron chi connectivity index (χ4n) is 8.81. The SMILES string of the molecule is C=C(CC[C@@H](C(=O)O)[C@H]1C[C@H](O)[C@@]2(C)C3=CCC4C(C)(C)[C@H](O)CC[C@]4(C)C3=CC[C@]12C)C(C)C. The normalized spacial score (nSPS) is 42.9. The van der Waals surface area contributed by atoms with Crippen molar-refractivity contribution in [1.29, 1.82) is 0 Å². The minimum absolute atomic E-state index is 0.0316. The first-order chi connectivity index (χ1) is 16.1. The molecule has 2 fully saturated rings. The van der Waals surface area contributed by atoms with Crippen molar-refractivity contribution in [2.24, 2.45) is 45.3 Å². The van der Waals surface area contributed by atoms with Crippen LogP contribution in [0.3, 0.4) is 0 Å². The van der Waals surface area contributed by atoms with E-state index in [1.165, 1.54) is 11.1 Å².